The van der Waals surface area contributed by atoms with Crippen LogP contribution in [0, 0.1) is 6.92 Å². The van der Waals surface area contributed by atoms with Gasteiger partial charge in [-0.1, -0.05) is 40.2 Å². The zero-order chi connectivity index (χ0) is 26.8. The standard InChI is InChI=1S/C29H26BrN5O3/c1-17-5-4-6-22(15-17)34-28(36)24-16-31-35-26(19-7-9-20(30)10-8-19)25(18(2)32-27(24)35)29(37)33-21-11-13-23(38-3)14-12-21/h4-16,26,32H,1-3H3,(H,33,37)(H,34,36)/t26-/m1/s1. The number of nitrogens with one attached hydrogen (secondary N) is 3. The second-order valence-corrected chi connectivity index (χ2v) is 9.89. The Morgan fingerprint density at radius 1 is 0.947 bits per heavy atom. The highest BCUT2D eigenvalue weighted by Gasteiger charge is 2.35. The lowest BCUT2D eigenvalue weighted by atomic mass is 9.94. The van der Waals surface area contributed by atoms with Crippen LogP contribution in [-0.4, -0.2) is 28.7 Å². The maximum atomic E-state index is 13.6. The zero-order valence-corrected chi connectivity index (χ0v) is 22.7. The number of rotatable bonds is 6. The van der Waals surface area contributed by atoms with Gasteiger partial charge in [0.05, 0.1) is 18.9 Å². The molecule has 2 amide bonds. The number of nitrogens with zero attached hydrogens (tertiary/aromatic N) is 2. The number of amides is 2. The van der Waals surface area contributed by atoms with Gasteiger partial charge in [-0.2, -0.15) is 5.10 Å². The molecule has 4 aromatic rings. The largest absolute Gasteiger partial charge is 0.497 e. The van der Waals surface area contributed by atoms with E-state index in [1.54, 1.807) is 36.1 Å². The number of fused-ring (bicyclic) bond motifs is 1. The van der Waals surface area contributed by atoms with Crippen molar-refractivity contribution in [3.8, 4) is 5.75 Å². The quantitative estimate of drug-likeness (QED) is 0.258. The smallest absolute Gasteiger partial charge is 0.261 e. The number of allylic oxidation sites excluding steroid dienone is 1. The topological polar surface area (TPSA) is 97.3 Å². The number of halogens is 1. The van der Waals surface area contributed by atoms with Crippen LogP contribution in [0.4, 0.5) is 17.2 Å². The van der Waals surface area contributed by atoms with E-state index >= 15 is 0 Å². The Balaban J connectivity index is 1.52. The molecule has 1 aromatic heterocycles. The molecule has 1 aliphatic rings. The predicted octanol–water partition coefficient (Wildman–Crippen LogP) is 6.14. The highest BCUT2D eigenvalue weighted by molar-refractivity contribution is 9.10. The second kappa shape index (κ2) is 10.5. The summed E-state index contributed by atoms with van der Waals surface area (Å²) in [5, 5.41) is 13.8. The fraction of sp³-hybridized carbons (Fsp3) is 0.138. The third-order valence-corrected chi connectivity index (χ3v) is 6.85. The Labute approximate surface area is 228 Å². The van der Waals surface area contributed by atoms with E-state index in [1.807, 2.05) is 62.4 Å². The molecule has 5 rings (SSSR count). The average Bonchev–Trinajstić information content (AvgIpc) is 3.32. The fourth-order valence-corrected chi connectivity index (χ4v) is 4.73. The second-order valence-electron chi connectivity index (χ2n) is 8.98. The maximum Gasteiger partial charge on any atom is 0.261 e. The minimum Gasteiger partial charge on any atom is -0.497 e. The molecule has 0 saturated carbocycles. The van der Waals surface area contributed by atoms with Gasteiger partial charge in [0.2, 0.25) is 0 Å². The van der Waals surface area contributed by atoms with Crippen molar-refractivity contribution in [3.63, 3.8) is 0 Å². The van der Waals surface area contributed by atoms with Gasteiger partial charge in [-0.25, -0.2) is 4.68 Å². The molecular formula is C29H26BrN5O3. The summed E-state index contributed by atoms with van der Waals surface area (Å²) >= 11 is 3.48. The minimum absolute atomic E-state index is 0.278. The summed E-state index contributed by atoms with van der Waals surface area (Å²) in [7, 11) is 1.59. The van der Waals surface area contributed by atoms with Gasteiger partial charge in [0.15, 0.2) is 0 Å². The first-order valence-electron chi connectivity index (χ1n) is 12.0. The summed E-state index contributed by atoms with van der Waals surface area (Å²) in [6, 6.07) is 21.9. The maximum absolute atomic E-state index is 13.6. The number of aromatic nitrogens is 2. The third kappa shape index (κ3) is 5.05. The molecule has 38 heavy (non-hydrogen) atoms. The summed E-state index contributed by atoms with van der Waals surface area (Å²) in [5.41, 5.74) is 4.72. The van der Waals surface area contributed by atoms with E-state index in [9.17, 15) is 9.59 Å². The Morgan fingerprint density at radius 3 is 2.34 bits per heavy atom. The molecule has 0 fully saturated rings. The van der Waals surface area contributed by atoms with E-state index in [0.717, 1.165) is 15.6 Å². The van der Waals surface area contributed by atoms with Crippen molar-refractivity contribution in [2.45, 2.75) is 19.9 Å². The normalized spacial score (nSPS) is 14.4. The predicted molar refractivity (Wildman–Crippen MR) is 152 cm³/mol. The van der Waals surface area contributed by atoms with Gasteiger partial charge in [-0.05, 0) is 73.5 Å². The summed E-state index contributed by atoms with van der Waals surface area (Å²) < 4.78 is 7.82. The van der Waals surface area contributed by atoms with Crippen molar-refractivity contribution in [2.75, 3.05) is 23.1 Å². The Bertz CT molecular complexity index is 1540. The van der Waals surface area contributed by atoms with Crippen LogP contribution >= 0.6 is 15.9 Å². The van der Waals surface area contributed by atoms with Crippen molar-refractivity contribution in [2.24, 2.45) is 0 Å². The van der Waals surface area contributed by atoms with Crippen LogP contribution < -0.4 is 20.7 Å². The molecule has 1 atom stereocenters. The van der Waals surface area contributed by atoms with Crippen LogP contribution in [-0.2, 0) is 4.79 Å². The van der Waals surface area contributed by atoms with Gasteiger partial charge in [-0.3, -0.25) is 9.59 Å². The number of methoxy groups -OCH3 is 1. The SMILES string of the molecule is COc1ccc(NC(=O)C2=C(C)Nc3c(C(=O)Nc4cccc(C)c4)cnn3[C@@H]2c2ccc(Br)cc2)cc1. The first-order valence-corrected chi connectivity index (χ1v) is 12.8. The number of ether oxygens (including phenoxy) is 1. The molecule has 0 spiro atoms. The van der Waals surface area contributed by atoms with E-state index in [-0.39, 0.29) is 11.8 Å². The van der Waals surface area contributed by atoms with E-state index in [2.05, 4.69) is 37.0 Å². The molecule has 192 valence electrons. The third-order valence-electron chi connectivity index (χ3n) is 6.32. The molecule has 2 heterocycles. The lowest BCUT2D eigenvalue weighted by Gasteiger charge is -2.30. The molecule has 1 aliphatic heterocycles. The molecule has 3 aromatic carbocycles. The Kier molecular flexibility index (Phi) is 7.02. The number of anilines is 3. The van der Waals surface area contributed by atoms with E-state index in [4.69, 9.17) is 4.74 Å². The molecule has 0 radical (unpaired) electrons. The molecule has 0 unspecified atom stereocenters. The highest BCUT2D eigenvalue weighted by atomic mass is 79.9. The van der Waals surface area contributed by atoms with E-state index < -0.39 is 6.04 Å². The molecule has 8 nitrogen and oxygen atoms in total. The number of carbonyl (C=O) groups is 2. The van der Waals surface area contributed by atoms with Crippen LogP contribution in [0.2, 0.25) is 0 Å². The van der Waals surface area contributed by atoms with Crippen LogP contribution in [0.25, 0.3) is 0 Å². The molecule has 0 bridgehead atoms. The number of hydrogen-bond donors (Lipinski definition) is 3. The van der Waals surface area contributed by atoms with Gasteiger partial charge in [-0.15, -0.1) is 0 Å². The molecule has 3 N–H and O–H groups in total. The number of aryl methyl sites for hydroxylation is 1. The lowest BCUT2D eigenvalue weighted by molar-refractivity contribution is -0.113. The first-order chi connectivity index (χ1) is 18.3. The van der Waals surface area contributed by atoms with Crippen LogP contribution in [0.3, 0.4) is 0 Å². The highest BCUT2D eigenvalue weighted by Crippen LogP contribution is 2.38. The van der Waals surface area contributed by atoms with Gasteiger partial charge in [0.1, 0.15) is 23.2 Å². The monoisotopic (exact) mass is 571 g/mol. The number of benzene rings is 3. The van der Waals surface area contributed by atoms with Crippen LogP contribution in [0.1, 0.15) is 34.5 Å². The number of hydrogen-bond acceptors (Lipinski definition) is 5. The van der Waals surface area contributed by atoms with Gasteiger partial charge in [0.25, 0.3) is 11.8 Å². The Hall–Kier alpha value is -4.37. The van der Waals surface area contributed by atoms with Crippen molar-refractivity contribution >= 4 is 44.9 Å². The molecule has 9 heteroatoms. The van der Waals surface area contributed by atoms with E-state index in [1.165, 1.54) is 6.20 Å². The zero-order valence-electron chi connectivity index (χ0n) is 21.1. The van der Waals surface area contributed by atoms with Crippen molar-refractivity contribution in [1.82, 2.24) is 9.78 Å². The fourth-order valence-electron chi connectivity index (χ4n) is 4.46. The summed E-state index contributed by atoms with van der Waals surface area (Å²) in [4.78, 5) is 26.9. The van der Waals surface area contributed by atoms with Gasteiger partial charge >= 0.3 is 0 Å². The molecule has 0 aliphatic carbocycles. The average molecular weight is 572 g/mol. The van der Waals surface area contributed by atoms with Crippen molar-refractivity contribution in [3.05, 3.63) is 111 Å². The Morgan fingerprint density at radius 2 is 1.66 bits per heavy atom. The van der Waals surface area contributed by atoms with Crippen molar-refractivity contribution < 1.29 is 14.3 Å². The van der Waals surface area contributed by atoms with E-state index in [0.29, 0.717) is 39.8 Å². The van der Waals surface area contributed by atoms with Crippen LogP contribution in [0.5, 0.6) is 5.75 Å². The molecule has 0 saturated heterocycles. The van der Waals surface area contributed by atoms with Crippen LogP contribution in [0.15, 0.2) is 94.7 Å². The number of carbonyl (C=O) groups excluding carboxylic acids is 2. The van der Waals surface area contributed by atoms with Crippen molar-refractivity contribution in [1.29, 1.82) is 0 Å². The first kappa shape index (κ1) is 25.3. The summed E-state index contributed by atoms with van der Waals surface area (Å²) in [6.45, 7) is 3.79. The molecular weight excluding hydrogens is 546 g/mol. The lowest BCUT2D eigenvalue weighted by Crippen LogP contribution is -2.32. The minimum atomic E-state index is -0.557. The summed E-state index contributed by atoms with van der Waals surface area (Å²) in [6.07, 6.45) is 1.52. The van der Waals surface area contributed by atoms with Gasteiger partial charge < -0.3 is 20.7 Å². The van der Waals surface area contributed by atoms with Gasteiger partial charge in [0, 0.05) is 21.5 Å². The summed E-state index contributed by atoms with van der Waals surface area (Å²) in [5.74, 6) is 0.641.